The van der Waals surface area contributed by atoms with Gasteiger partial charge in [0.25, 0.3) is 0 Å². The molecule has 0 amide bonds. The Morgan fingerprint density at radius 1 is 0.659 bits per heavy atom. The van der Waals surface area contributed by atoms with Gasteiger partial charge in [-0.15, -0.1) is 0 Å². The fourth-order valence-corrected chi connectivity index (χ4v) is 5.26. The molecule has 0 aliphatic carbocycles. The topological polar surface area (TPSA) is 132 Å². The molecule has 9 nitrogen and oxygen atoms in total. The first kappa shape index (κ1) is 40.5. The van der Waals surface area contributed by atoms with Crippen LogP contribution in [0.1, 0.15) is 149 Å². The number of aliphatic hydroxyl groups excluding tert-OH is 2. The van der Waals surface area contributed by atoms with Crippen molar-refractivity contribution in [2.75, 3.05) is 33.0 Å². The van der Waals surface area contributed by atoms with Crippen LogP contribution in [0.15, 0.2) is 0 Å². The molecular weight excluding hydrogens is 547 g/mol. The standard InChI is InChI=1S/C31H63O9P/c1-3-5-7-9-11-13-14-16-18-20-22-24-37-27-30(28-39-41(35,36)38-26-29(33)25-32)40-31(34)23-21-19-17-15-12-10-8-6-4-2/h29-30,32-33H,3-28H2,1-2H3,(H,35,36). The van der Waals surface area contributed by atoms with Crippen LogP contribution in [0.3, 0.4) is 0 Å². The molecule has 41 heavy (non-hydrogen) atoms. The van der Waals surface area contributed by atoms with Crippen molar-refractivity contribution in [1.29, 1.82) is 0 Å². The Bertz CT molecular complexity index is 620. The lowest BCUT2D eigenvalue weighted by Crippen LogP contribution is -2.29. The third-order valence-electron chi connectivity index (χ3n) is 7.04. The summed E-state index contributed by atoms with van der Waals surface area (Å²) in [5, 5.41) is 18.2. The van der Waals surface area contributed by atoms with Gasteiger partial charge in [0.2, 0.25) is 0 Å². The third-order valence-corrected chi connectivity index (χ3v) is 7.99. The van der Waals surface area contributed by atoms with E-state index in [-0.39, 0.29) is 25.6 Å². The highest BCUT2D eigenvalue weighted by atomic mass is 31.2. The third kappa shape index (κ3) is 29.3. The molecule has 10 heteroatoms. The maximum absolute atomic E-state index is 12.4. The number of hydrogen-bond donors (Lipinski definition) is 3. The van der Waals surface area contributed by atoms with E-state index in [1.165, 1.54) is 96.3 Å². The van der Waals surface area contributed by atoms with Crippen molar-refractivity contribution < 1.29 is 43.0 Å². The first-order valence-corrected chi connectivity index (χ1v) is 18.0. The van der Waals surface area contributed by atoms with Gasteiger partial charge in [-0.3, -0.25) is 13.8 Å². The van der Waals surface area contributed by atoms with Gasteiger partial charge in [-0.2, -0.15) is 0 Å². The molecule has 0 radical (unpaired) electrons. The summed E-state index contributed by atoms with van der Waals surface area (Å²) in [7, 11) is -4.49. The van der Waals surface area contributed by atoms with E-state index in [2.05, 4.69) is 13.8 Å². The quantitative estimate of drug-likeness (QED) is 0.0399. The summed E-state index contributed by atoms with van der Waals surface area (Å²) in [5.41, 5.74) is 0. The molecule has 3 unspecified atom stereocenters. The largest absolute Gasteiger partial charge is 0.472 e. The van der Waals surface area contributed by atoms with Crippen LogP contribution in [0.5, 0.6) is 0 Å². The van der Waals surface area contributed by atoms with Gasteiger partial charge in [0.1, 0.15) is 12.2 Å². The van der Waals surface area contributed by atoms with Gasteiger partial charge in [-0.1, -0.05) is 129 Å². The number of phosphoric ester groups is 1. The molecule has 0 heterocycles. The SMILES string of the molecule is CCCCCCCCCCCCCOCC(COP(=O)(O)OCC(O)CO)OC(=O)CCCCCCCCCCC. The first-order valence-electron chi connectivity index (χ1n) is 16.5. The fraction of sp³-hybridized carbons (Fsp3) is 0.968. The van der Waals surface area contributed by atoms with Crippen molar-refractivity contribution in [1.82, 2.24) is 0 Å². The Kier molecular flexibility index (Phi) is 29.1. The van der Waals surface area contributed by atoms with Gasteiger partial charge in [0.05, 0.1) is 26.4 Å². The zero-order valence-corrected chi connectivity index (χ0v) is 27.2. The summed E-state index contributed by atoms with van der Waals surface area (Å²) < 4.78 is 33.0. The lowest BCUT2D eigenvalue weighted by atomic mass is 10.1. The maximum Gasteiger partial charge on any atom is 0.472 e. The second-order valence-corrected chi connectivity index (χ2v) is 12.7. The van der Waals surface area contributed by atoms with Crippen LogP contribution >= 0.6 is 7.82 Å². The van der Waals surface area contributed by atoms with E-state index in [0.29, 0.717) is 6.61 Å². The first-order chi connectivity index (χ1) is 19.8. The molecule has 0 bridgehead atoms. The summed E-state index contributed by atoms with van der Waals surface area (Å²) >= 11 is 0. The normalized spacial score (nSPS) is 14.6. The van der Waals surface area contributed by atoms with Crippen LogP contribution in [0.2, 0.25) is 0 Å². The number of rotatable bonds is 32. The Hall–Kier alpha value is -0.540. The monoisotopic (exact) mass is 610 g/mol. The van der Waals surface area contributed by atoms with Crippen LogP contribution in [-0.2, 0) is 27.9 Å². The smallest absolute Gasteiger partial charge is 0.457 e. The Morgan fingerprint density at radius 2 is 1.10 bits per heavy atom. The Morgan fingerprint density at radius 3 is 1.59 bits per heavy atom. The molecule has 0 saturated heterocycles. The van der Waals surface area contributed by atoms with Crippen LogP contribution < -0.4 is 0 Å². The van der Waals surface area contributed by atoms with E-state index in [1.54, 1.807) is 0 Å². The van der Waals surface area contributed by atoms with E-state index >= 15 is 0 Å². The van der Waals surface area contributed by atoms with E-state index in [0.717, 1.165) is 32.1 Å². The number of carbonyl (C=O) groups is 1. The van der Waals surface area contributed by atoms with Crippen molar-refractivity contribution in [2.24, 2.45) is 0 Å². The van der Waals surface area contributed by atoms with Gasteiger partial charge in [0, 0.05) is 13.0 Å². The molecule has 0 fully saturated rings. The lowest BCUT2D eigenvalue weighted by molar-refractivity contribution is -0.154. The molecule has 3 atom stereocenters. The maximum atomic E-state index is 12.4. The summed E-state index contributed by atoms with van der Waals surface area (Å²) in [6.07, 6.45) is 22.1. The molecule has 0 aromatic heterocycles. The van der Waals surface area contributed by atoms with Crippen LogP contribution in [-0.4, -0.2) is 66.3 Å². The molecule has 0 aromatic rings. The molecule has 0 aromatic carbocycles. The van der Waals surface area contributed by atoms with Crippen molar-refractivity contribution >= 4 is 13.8 Å². The van der Waals surface area contributed by atoms with E-state index in [9.17, 15) is 19.4 Å². The van der Waals surface area contributed by atoms with E-state index < -0.39 is 33.2 Å². The van der Waals surface area contributed by atoms with Crippen LogP contribution in [0.25, 0.3) is 0 Å². The number of phosphoric acid groups is 1. The molecule has 0 saturated carbocycles. The molecule has 0 spiro atoms. The molecular formula is C31H63O9P. The number of hydrogen-bond acceptors (Lipinski definition) is 8. The van der Waals surface area contributed by atoms with Crippen LogP contribution in [0, 0.1) is 0 Å². The molecule has 3 N–H and O–H groups in total. The minimum Gasteiger partial charge on any atom is -0.457 e. The number of ether oxygens (including phenoxy) is 2. The minimum atomic E-state index is -4.49. The molecule has 0 aliphatic rings. The van der Waals surface area contributed by atoms with E-state index in [4.69, 9.17) is 23.6 Å². The van der Waals surface area contributed by atoms with Gasteiger partial charge in [-0.05, 0) is 12.8 Å². The number of carbonyl (C=O) groups excluding carboxylic acids is 1. The van der Waals surface area contributed by atoms with E-state index in [1.807, 2.05) is 0 Å². The summed E-state index contributed by atoms with van der Waals surface area (Å²) in [5.74, 6) is -0.385. The predicted molar refractivity (Wildman–Crippen MR) is 164 cm³/mol. The van der Waals surface area contributed by atoms with Gasteiger partial charge in [0.15, 0.2) is 0 Å². The fourth-order valence-electron chi connectivity index (χ4n) is 4.47. The van der Waals surface area contributed by atoms with Crippen LogP contribution in [0.4, 0.5) is 0 Å². The number of aliphatic hydroxyl groups is 2. The van der Waals surface area contributed by atoms with Crippen molar-refractivity contribution in [3.63, 3.8) is 0 Å². The number of unbranched alkanes of at least 4 members (excludes halogenated alkanes) is 18. The zero-order chi connectivity index (χ0) is 30.4. The Labute approximate surface area is 250 Å². The highest BCUT2D eigenvalue weighted by molar-refractivity contribution is 7.47. The summed E-state index contributed by atoms with van der Waals surface area (Å²) in [4.78, 5) is 22.3. The Balaban J connectivity index is 4.28. The molecule has 0 rings (SSSR count). The van der Waals surface area contributed by atoms with Gasteiger partial charge >= 0.3 is 13.8 Å². The van der Waals surface area contributed by atoms with Gasteiger partial charge in [-0.25, -0.2) is 4.57 Å². The van der Waals surface area contributed by atoms with Crippen molar-refractivity contribution in [2.45, 2.75) is 161 Å². The van der Waals surface area contributed by atoms with Crippen molar-refractivity contribution in [3.8, 4) is 0 Å². The van der Waals surface area contributed by atoms with Gasteiger partial charge < -0.3 is 24.6 Å². The van der Waals surface area contributed by atoms with Crippen molar-refractivity contribution in [3.05, 3.63) is 0 Å². The highest BCUT2D eigenvalue weighted by Crippen LogP contribution is 2.43. The average molecular weight is 611 g/mol. The summed E-state index contributed by atoms with van der Waals surface area (Å²) in [6.45, 7) is 3.49. The predicted octanol–water partition coefficient (Wildman–Crippen LogP) is 7.63. The highest BCUT2D eigenvalue weighted by Gasteiger charge is 2.26. The summed E-state index contributed by atoms with van der Waals surface area (Å²) in [6, 6.07) is 0. The number of esters is 1. The molecule has 0 aliphatic heterocycles. The second-order valence-electron chi connectivity index (χ2n) is 11.2. The lowest BCUT2D eigenvalue weighted by Gasteiger charge is -2.20. The molecule has 246 valence electrons. The zero-order valence-electron chi connectivity index (χ0n) is 26.3. The second kappa shape index (κ2) is 29.5. The average Bonchev–Trinajstić information content (AvgIpc) is 2.96. The minimum absolute atomic E-state index is 0.0561.